The van der Waals surface area contributed by atoms with Gasteiger partial charge in [0.15, 0.2) is 17.8 Å². The second kappa shape index (κ2) is 10.3. The third-order valence-electron chi connectivity index (χ3n) is 6.25. The lowest BCUT2D eigenvalue weighted by Crippen LogP contribution is -2.30. The smallest absolute Gasteiger partial charge is 0.267 e. The van der Waals surface area contributed by atoms with Crippen LogP contribution in [0.15, 0.2) is 71.7 Å². The number of hydrogen-bond acceptors (Lipinski definition) is 6. The Kier molecular flexibility index (Phi) is 6.77. The van der Waals surface area contributed by atoms with Crippen molar-refractivity contribution in [1.29, 1.82) is 0 Å². The maximum Gasteiger partial charge on any atom is 0.267 e. The molecule has 5 rings (SSSR count). The summed E-state index contributed by atoms with van der Waals surface area (Å²) in [5.41, 5.74) is 2.66. The number of benzene rings is 2. The maximum absolute atomic E-state index is 13.7. The average molecular weight is 476 g/mol. The van der Waals surface area contributed by atoms with Crippen LogP contribution in [0.25, 0.3) is 5.76 Å². The fourth-order valence-corrected chi connectivity index (χ4v) is 4.23. The fraction of sp³-hybridized carbons (Fsp3) is 0.321. The quantitative estimate of drug-likeness (QED) is 0.467. The van der Waals surface area contributed by atoms with Gasteiger partial charge in [0.05, 0.1) is 12.3 Å². The van der Waals surface area contributed by atoms with Gasteiger partial charge in [0.1, 0.15) is 18.6 Å². The van der Waals surface area contributed by atoms with Crippen molar-refractivity contribution in [2.75, 3.05) is 6.61 Å². The van der Waals surface area contributed by atoms with Crippen LogP contribution < -0.4 is 14.9 Å². The number of rotatable bonds is 7. The largest absolute Gasteiger partial charge is 0.483 e. The van der Waals surface area contributed by atoms with E-state index < -0.39 is 12.6 Å². The Bertz CT molecular complexity index is 1250. The van der Waals surface area contributed by atoms with Gasteiger partial charge in [-0.05, 0) is 25.3 Å². The molecule has 2 unspecified atom stereocenters. The van der Waals surface area contributed by atoms with Crippen LogP contribution in [-0.2, 0) is 27.9 Å². The minimum Gasteiger partial charge on any atom is -0.483 e. The minimum absolute atomic E-state index is 0.136. The zero-order chi connectivity index (χ0) is 24.2. The van der Waals surface area contributed by atoms with Crippen LogP contribution in [0.3, 0.4) is 0 Å². The number of hydrogen-bond donors (Lipinski definition) is 0. The van der Waals surface area contributed by atoms with Gasteiger partial charge in [-0.25, -0.2) is 0 Å². The van der Waals surface area contributed by atoms with Crippen molar-refractivity contribution in [2.24, 2.45) is 7.05 Å². The SMILES string of the molecule is Cc1c(OCc2ccccc2)c(=O)c(OC2CCCCO2)c(C2=COC(c3ccccc3)O2)n1C. The van der Waals surface area contributed by atoms with E-state index in [0.717, 1.165) is 24.0 Å². The van der Waals surface area contributed by atoms with Gasteiger partial charge >= 0.3 is 0 Å². The highest BCUT2D eigenvalue weighted by atomic mass is 16.7. The molecule has 2 aliphatic rings. The second-order valence-electron chi connectivity index (χ2n) is 8.65. The van der Waals surface area contributed by atoms with Gasteiger partial charge in [-0.3, -0.25) is 4.79 Å². The lowest BCUT2D eigenvalue weighted by atomic mass is 10.2. The molecule has 1 saturated heterocycles. The van der Waals surface area contributed by atoms with Crippen molar-refractivity contribution in [3.63, 3.8) is 0 Å². The first-order valence-electron chi connectivity index (χ1n) is 11.9. The Hall–Kier alpha value is -3.71. The predicted molar refractivity (Wildman–Crippen MR) is 131 cm³/mol. The van der Waals surface area contributed by atoms with Crippen LogP contribution in [0.4, 0.5) is 0 Å². The lowest BCUT2D eigenvalue weighted by molar-refractivity contribution is -0.107. The molecular formula is C28H29NO6. The molecule has 2 aliphatic heterocycles. The first-order chi connectivity index (χ1) is 17.1. The van der Waals surface area contributed by atoms with Crippen LogP contribution in [0.1, 0.15) is 48.1 Å². The Morgan fingerprint density at radius 1 is 1.00 bits per heavy atom. The Morgan fingerprint density at radius 2 is 1.74 bits per heavy atom. The molecule has 35 heavy (non-hydrogen) atoms. The van der Waals surface area contributed by atoms with E-state index in [4.69, 9.17) is 23.7 Å². The first-order valence-corrected chi connectivity index (χ1v) is 11.9. The summed E-state index contributed by atoms with van der Waals surface area (Å²) in [5.74, 6) is 0.795. The van der Waals surface area contributed by atoms with Crippen molar-refractivity contribution in [2.45, 2.75) is 45.4 Å². The van der Waals surface area contributed by atoms with E-state index in [1.165, 1.54) is 6.26 Å². The van der Waals surface area contributed by atoms with E-state index in [9.17, 15) is 4.79 Å². The molecule has 0 aliphatic carbocycles. The second-order valence-corrected chi connectivity index (χ2v) is 8.65. The van der Waals surface area contributed by atoms with Crippen molar-refractivity contribution < 1.29 is 23.7 Å². The van der Waals surface area contributed by atoms with Gasteiger partial charge in [0.25, 0.3) is 11.7 Å². The average Bonchev–Trinajstić information content (AvgIpc) is 3.39. The number of pyridine rings is 1. The van der Waals surface area contributed by atoms with E-state index >= 15 is 0 Å². The molecule has 0 N–H and O–H groups in total. The third kappa shape index (κ3) is 4.91. The zero-order valence-electron chi connectivity index (χ0n) is 19.9. The van der Waals surface area contributed by atoms with Crippen molar-refractivity contribution >= 4 is 5.76 Å². The monoisotopic (exact) mass is 475 g/mol. The predicted octanol–water partition coefficient (Wildman–Crippen LogP) is 5.22. The Balaban J connectivity index is 1.50. The van der Waals surface area contributed by atoms with Crippen molar-refractivity contribution in [1.82, 2.24) is 4.57 Å². The molecule has 0 spiro atoms. The molecule has 7 nitrogen and oxygen atoms in total. The Morgan fingerprint density at radius 3 is 2.46 bits per heavy atom. The summed E-state index contributed by atoms with van der Waals surface area (Å²) in [4.78, 5) is 13.7. The molecule has 1 fully saturated rings. The van der Waals surface area contributed by atoms with Crippen LogP contribution in [0, 0.1) is 6.92 Å². The highest BCUT2D eigenvalue weighted by molar-refractivity contribution is 5.65. The molecule has 0 bridgehead atoms. The normalized spacial score (nSPS) is 19.4. The van der Waals surface area contributed by atoms with E-state index in [1.807, 2.05) is 79.2 Å². The molecule has 0 amide bonds. The third-order valence-corrected chi connectivity index (χ3v) is 6.25. The molecule has 0 radical (unpaired) electrons. The number of ether oxygens (including phenoxy) is 5. The molecule has 7 heteroatoms. The topological polar surface area (TPSA) is 68.2 Å². The number of aromatic nitrogens is 1. The molecule has 2 atom stereocenters. The van der Waals surface area contributed by atoms with Crippen LogP contribution >= 0.6 is 0 Å². The maximum atomic E-state index is 13.7. The van der Waals surface area contributed by atoms with Crippen LogP contribution in [0.2, 0.25) is 0 Å². The molecule has 3 aromatic rings. The van der Waals surface area contributed by atoms with E-state index in [1.54, 1.807) is 0 Å². The summed E-state index contributed by atoms with van der Waals surface area (Å²) in [5, 5.41) is 0. The zero-order valence-corrected chi connectivity index (χ0v) is 19.9. The highest BCUT2D eigenvalue weighted by Crippen LogP contribution is 2.38. The minimum atomic E-state index is -0.602. The van der Waals surface area contributed by atoms with E-state index in [2.05, 4.69) is 0 Å². The van der Waals surface area contributed by atoms with Crippen LogP contribution in [0.5, 0.6) is 11.5 Å². The molecule has 182 valence electrons. The molecular weight excluding hydrogens is 446 g/mol. The summed E-state index contributed by atoms with van der Waals surface area (Å²) in [7, 11) is 1.86. The van der Waals surface area contributed by atoms with Gasteiger partial charge in [-0.15, -0.1) is 0 Å². The summed E-state index contributed by atoms with van der Waals surface area (Å²) in [6.07, 6.45) is 3.08. The van der Waals surface area contributed by atoms with Crippen molar-refractivity contribution in [3.05, 3.63) is 99.7 Å². The van der Waals surface area contributed by atoms with E-state index in [0.29, 0.717) is 30.2 Å². The summed E-state index contributed by atoms with van der Waals surface area (Å²) in [6, 6.07) is 19.4. The Labute approximate surface area is 204 Å². The molecule has 1 aromatic heterocycles. The van der Waals surface area contributed by atoms with Gasteiger partial charge in [0, 0.05) is 19.0 Å². The summed E-state index contributed by atoms with van der Waals surface area (Å²) in [6.45, 7) is 2.72. The van der Waals surface area contributed by atoms with Gasteiger partial charge in [-0.2, -0.15) is 0 Å². The van der Waals surface area contributed by atoms with Crippen LogP contribution in [-0.4, -0.2) is 17.5 Å². The number of nitrogens with zero attached hydrogens (tertiary/aromatic N) is 1. The van der Waals surface area contributed by atoms with Gasteiger partial charge in [0.2, 0.25) is 5.75 Å². The lowest BCUT2D eigenvalue weighted by Gasteiger charge is -2.26. The molecule has 2 aromatic carbocycles. The van der Waals surface area contributed by atoms with Gasteiger partial charge < -0.3 is 28.3 Å². The highest BCUT2D eigenvalue weighted by Gasteiger charge is 2.31. The first kappa shape index (κ1) is 23.1. The molecule has 3 heterocycles. The fourth-order valence-electron chi connectivity index (χ4n) is 4.23. The van der Waals surface area contributed by atoms with Gasteiger partial charge in [-0.1, -0.05) is 60.7 Å². The summed E-state index contributed by atoms with van der Waals surface area (Å²) >= 11 is 0. The van der Waals surface area contributed by atoms with Crippen molar-refractivity contribution in [3.8, 4) is 11.5 Å². The molecule has 0 saturated carbocycles. The van der Waals surface area contributed by atoms with E-state index in [-0.39, 0.29) is 23.5 Å². The standard InChI is InChI=1S/C28H29NO6/c1-19-26(32-17-20-11-5-3-6-12-20)25(30)27(35-23-15-9-10-16-31-23)24(29(19)2)22-18-33-28(34-22)21-13-7-4-8-14-21/h3-8,11-14,18,23,28H,9-10,15-17H2,1-2H3. The summed E-state index contributed by atoms with van der Waals surface area (Å²) < 4.78 is 31.8.